The Morgan fingerprint density at radius 1 is 1.21 bits per heavy atom. The first-order valence-electron chi connectivity index (χ1n) is 3.50. The van der Waals surface area contributed by atoms with Gasteiger partial charge in [0.2, 0.25) is 0 Å². The van der Waals surface area contributed by atoms with Crippen molar-refractivity contribution in [2.75, 3.05) is 0 Å². The number of hydrogen-bond donors (Lipinski definition) is 1. The van der Waals surface area contributed by atoms with E-state index in [1.165, 1.54) is 11.4 Å². The first kappa shape index (κ1) is 11.4. The molecule has 0 saturated carbocycles. The number of thiophene rings is 1. The first-order chi connectivity index (χ1) is 6.27. The molecule has 0 fully saturated rings. The van der Waals surface area contributed by atoms with Crippen LogP contribution in [-0.2, 0) is 0 Å². The lowest BCUT2D eigenvalue weighted by Gasteiger charge is -2.24. The molecule has 7 heteroatoms. The van der Waals surface area contributed by atoms with Crippen molar-refractivity contribution in [2.45, 2.75) is 18.1 Å². The molecule has 0 aliphatic heterocycles. The van der Waals surface area contributed by atoms with Crippen LogP contribution in [0.15, 0.2) is 17.5 Å². The predicted octanol–water partition coefficient (Wildman–Crippen LogP) is 2.95. The highest BCUT2D eigenvalue weighted by Crippen LogP contribution is 2.44. The molecular weight excluding hydrogens is 225 g/mol. The summed E-state index contributed by atoms with van der Waals surface area (Å²) < 4.78 is 60.8. The average molecular weight is 231 g/mol. The molecule has 80 valence electrons. The lowest BCUT2D eigenvalue weighted by molar-refractivity contribution is -0.290. The molecule has 0 amide bonds. The molecule has 1 aromatic heterocycles. The van der Waals surface area contributed by atoms with Gasteiger partial charge in [0, 0.05) is 4.88 Å². The number of halogens is 5. The van der Waals surface area contributed by atoms with Crippen LogP contribution in [0.5, 0.6) is 0 Å². The summed E-state index contributed by atoms with van der Waals surface area (Å²) in [5, 5.41) is 1.39. The number of hydrogen-bond acceptors (Lipinski definition) is 2. The van der Waals surface area contributed by atoms with Crippen molar-refractivity contribution < 1.29 is 22.0 Å². The number of alkyl halides is 5. The van der Waals surface area contributed by atoms with E-state index < -0.39 is 18.1 Å². The van der Waals surface area contributed by atoms with Crippen molar-refractivity contribution in [3.8, 4) is 0 Å². The van der Waals surface area contributed by atoms with E-state index in [4.69, 9.17) is 5.73 Å². The fourth-order valence-corrected chi connectivity index (χ4v) is 1.59. The highest BCUT2D eigenvalue weighted by molar-refractivity contribution is 7.10. The maximum absolute atomic E-state index is 12.6. The summed E-state index contributed by atoms with van der Waals surface area (Å²) in [6, 6.07) is 0.184. The molecule has 0 aliphatic rings. The normalized spacial score (nSPS) is 15.6. The molecular formula is C7H6F5NS. The third-order valence-electron chi connectivity index (χ3n) is 1.62. The van der Waals surface area contributed by atoms with Gasteiger partial charge in [-0.15, -0.1) is 11.3 Å². The minimum absolute atomic E-state index is 0.188. The van der Waals surface area contributed by atoms with Crippen LogP contribution in [0.25, 0.3) is 0 Å². The number of rotatable bonds is 2. The number of nitrogens with two attached hydrogens (primary N) is 1. The molecule has 0 radical (unpaired) electrons. The van der Waals surface area contributed by atoms with Crippen LogP contribution in [0.3, 0.4) is 0 Å². The lowest BCUT2D eigenvalue weighted by atomic mass is 10.1. The smallest absolute Gasteiger partial charge is 0.318 e. The fraction of sp³-hybridized carbons (Fsp3) is 0.429. The Balaban J connectivity index is 2.94. The van der Waals surface area contributed by atoms with E-state index in [2.05, 4.69) is 0 Å². The van der Waals surface area contributed by atoms with Gasteiger partial charge in [-0.1, -0.05) is 6.07 Å². The summed E-state index contributed by atoms with van der Waals surface area (Å²) >= 11 is 0.769. The van der Waals surface area contributed by atoms with E-state index in [-0.39, 0.29) is 4.88 Å². The van der Waals surface area contributed by atoms with E-state index in [1.807, 2.05) is 0 Å². The first-order valence-corrected chi connectivity index (χ1v) is 4.38. The van der Waals surface area contributed by atoms with Crippen LogP contribution in [0, 0.1) is 0 Å². The van der Waals surface area contributed by atoms with Crippen molar-refractivity contribution in [1.29, 1.82) is 0 Å². The Labute approximate surface area is 80.3 Å². The maximum atomic E-state index is 12.6. The van der Waals surface area contributed by atoms with Crippen molar-refractivity contribution in [3.63, 3.8) is 0 Å². The highest BCUT2D eigenvalue weighted by atomic mass is 32.1. The summed E-state index contributed by atoms with van der Waals surface area (Å²) in [5.41, 5.74) is 4.84. The third-order valence-corrected chi connectivity index (χ3v) is 2.57. The van der Waals surface area contributed by atoms with Crippen molar-refractivity contribution in [2.24, 2.45) is 5.73 Å². The van der Waals surface area contributed by atoms with Crippen LogP contribution >= 0.6 is 11.3 Å². The Bertz CT molecular complexity index is 292. The second-order valence-corrected chi connectivity index (χ2v) is 3.59. The van der Waals surface area contributed by atoms with Gasteiger partial charge in [-0.2, -0.15) is 22.0 Å². The summed E-state index contributed by atoms with van der Waals surface area (Å²) in [7, 11) is 0. The summed E-state index contributed by atoms with van der Waals surface area (Å²) in [6.07, 6.45) is -5.61. The lowest BCUT2D eigenvalue weighted by Crippen LogP contribution is -2.45. The Morgan fingerprint density at radius 3 is 2.14 bits per heavy atom. The molecule has 0 bridgehead atoms. The van der Waals surface area contributed by atoms with Crippen molar-refractivity contribution in [3.05, 3.63) is 22.4 Å². The molecule has 0 aliphatic carbocycles. The van der Waals surface area contributed by atoms with Crippen molar-refractivity contribution >= 4 is 11.3 Å². The molecule has 1 heterocycles. The van der Waals surface area contributed by atoms with Crippen LogP contribution in [-0.4, -0.2) is 12.1 Å². The minimum atomic E-state index is -5.61. The van der Waals surface area contributed by atoms with E-state index in [1.54, 1.807) is 0 Å². The SMILES string of the molecule is N[C@H](c1cccs1)C(F)(F)C(F)(F)F. The average Bonchev–Trinajstić information content (AvgIpc) is 2.52. The summed E-state index contributed by atoms with van der Waals surface area (Å²) in [6.45, 7) is 0. The molecule has 1 rings (SSSR count). The zero-order chi connectivity index (χ0) is 11.0. The Kier molecular flexibility index (Phi) is 2.82. The van der Waals surface area contributed by atoms with Gasteiger partial charge in [0.05, 0.1) is 0 Å². The van der Waals surface area contributed by atoms with Gasteiger partial charge in [-0.3, -0.25) is 0 Å². The van der Waals surface area contributed by atoms with Gasteiger partial charge in [0.15, 0.2) is 0 Å². The summed E-state index contributed by atoms with van der Waals surface area (Å²) in [5.74, 6) is -4.89. The van der Waals surface area contributed by atoms with E-state index in [9.17, 15) is 22.0 Å². The van der Waals surface area contributed by atoms with Gasteiger partial charge in [0.25, 0.3) is 0 Å². The highest BCUT2D eigenvalue weighted by Gasteiger charge is 2.61. The van der Waals surface area contributed by atoms with E-state index in [0.717, 1.165) is 17.4 Å². The Hall–Kier alpha value is -0.690. The molecule has 14 heavy (non-hydrogen) atoms. The second-order valence-electron chi connectivity index (χ2n) is 2.61. The molecule has 0 unspecified atom stereocenters. The van der Waals surface area contributed by atoms with Crippen LogP contribution in [0.2, 0.25) is 0 Å². The zero-order valence-electron chi connectivity index (χ0n) is 6.68. The van der Waals surface area contributed by atoms with E-state index in [0.29, 0.717) is 0 Å². The predicted molar refractivity (Wildman–Crippen MR) is 42.2 cm³/mol. The van der Waals surface area contributed by atoms with Gasteiger partial charge in [-0.25, -0.2) is 0 Å². The standard InChI is InChI=1S/C7H6F5NS/c8-6(9,7(10,11)12)5(13)4-2-1-3-14-4/h1-3,5H,13H2/t5-/m1/s1. The quantitative estimate of drug-likeness (QED) is 0.778. The topological polar surface area (TPSA) is 26.0 Å². The molecule has 0 aromatic carbocycles. The van der Waals surface area contributed by atoms with Crippen LogP contribution < -0.4 is 5.73 Å². The van der Waals surface area contributed by atoms with Gasteiger partial charge >= 0.3 is 12.1 Å². The van der Waals surface area contributed by atoms with Crippen LogP contribution in [0.1, 0.15) is 10.9 Å². The molecule has 0 saturated heterocycles. The maximum Gasteiger partial charge on any atom is 0.455 e. The zero-order valence-corrected chi connectivity index (χ0v) is 7.50. The molecule has 2 N–H and O–H groups in total. The van der Waals surface area contributed by atoms with Crippen LogP contribution in [0.4, 0.5) is 22.0 Å². The van der Waals surface area contributed by atoms with Crippen molar-refractivity contribution in [1.82, 2.24) is 0 Å². The molecule has 1 aromatic rings. The molecule has 1 nitrogen and oxygen atoms in total. The molecule has 1 atom stereocenters. The third kappa shape index (κ3) is 1.88. The second kappa shape index (κ2) is 3.47. The van der Waals surface area contributed by atoms with Gasteiger partial charge in [0.1, 0.15) is 6.04 Å². The Morgan fingerprint density at radius 2 is 1.79 bits per heavy atom. The fourth-order valence-electron chi connectivity index (χ4n) is 0.823. The van der Waals surface area contributed by atoms with E-state index >= 15 is 0 Å². The van der Waals surface area contributed by atoms with Gasteiger partial charge in [-0.05, 0) is 11.4 Å². The largest absolute Gasteiger partial charge is 0.455 e. The van der Waals surface area contributed by atoms with Gasteiger partial charge < -0.3 is 5.73 Å². The summed E-state index contributed by atoms with van der Waals surface area (Å²) in [4.78, 5) is -0.188. The minimum Gasteiger partial charge on any atom is -0.318 e. The monoisotopic (exact) mass is 231 g/mol. The molecule has 0 spiro atoms.